The molecule has 0 spiro atoms. The summed E-state index contributed by atoms with van der Waals surface area (Å²) in [5.74, 6) is -0.735. The SMILES string of the molecule is C.CCOC(=O)CC1CN(CCCCCCNC(=O)/C=C/c2cccnc2)c2ccccc21.O=C(O)CC1CN(CCCCCCNC(=O)/C=C/c2cccnc2)c2ccccc21. The Labute approximate surface area is 373 Å². The predicted octanol–water partition coefficient (Wildman–Crippen LogP) is 8.81. The Morgan fingerprint density at radius 1 is 0.651 bits per heavy atom. The van der Waals surface area contributed by atoms with Crippen LogP contribution in [0, 0.1) is 0 Å². The molecule has 0 aliphatic carbocycles. The number of carboxylic acids is 1. The van der Waals surface area contributed by atoms with Crippen molar-refractivity contribution in [3.8, 4) is 0 Å². The maximum Gasteiger partial charge on any atom is 0.306 e. The molecule has 2 atom stereocenters. The minimum Gasteiger partial charge on any atom is -0.481 e. The molecule has 63 heavy (non-hydrogen) atoms. The Balaban J connectivity index is 0.000000273. The normalized spacial score (nSPS) is 14.9. The molecule has 12 nitrogen and oxygen atoms in total. The van der Waals surface area contributed by atoms with E-state index in [1.165, 1.54) is 23.0 Å². The molecule has 4 aromatic rings. The second-order valence-electron chi connectivity index (χ2n) is 15.7. The smallest absolute Gasteiger partial charge is 0.306 e. The predicted molar refractivity (Wildman–Crippen MR) is 253 cm³/mol. The third-order valence-electron chi connectivity index (χ3n) is 11.0. The molecule has 2 aliphatic heterocycles. The molecule has 12 heteroatoms. The number of para-hydroxylation sites is 2. The van der Waals surface area contributed by atoms with Crippen molar-refractivity contribution in [1.29, 1.82) is 0 Å². The summed E-state index contributed by atoms with van der Waals surface area (Å²) < 4.78 is 5.15. The van der Waals surface area contributed by atoms with Crippen LogP contribution in [0.5, 0.6) is 0 Å². The van der Waals surface area contributed by atoms with Gasteiger partial charge >= 0.3 is 11.9 Å². The van der Waals surface area contributed by atoms with Crippen LogP contribution < -0.4 is 20.4 Å². The van der Waals surface area contributed by atoms with Crippen LogP contribution in [0.25, 0.3) is 12.2 Å². The number of aliphatic carboxylic acids is 1. The van der Waals surface area contributed by atoms with Crippen molar-refractivity contribution in [2.24, 2.45) is 0 Å². The van der Waals surface area contributed by atoms with E-state index < -0.39 is 5.97 Å². The molecule has 2 aromatic heterocycles. The van der Waals surface area contributed by atoms with E-state index in [0.29, 0.717) is 26.1 Å². The molecule has 4 heterocycles. The number of carbonyl (C=O) groups excluding carboxylic acids is 3. The maximum absolute atomic E-state index is 12.0. The van der Waals surface area contributed by atoms with Gasteiger partial charge in [-0.25, -0.2) is 0 Å². The van der Waals surface area contributed by atoms with Gasteiger partial charge in [-0.1, -0.05) is 81.6 Å². The number of unbranched alkanes of at least 4 members (excludes halogenated alkanes) is 6. The first kappa shape index (κ1) is 49.4. The van der Waals surface area contributed by atoms with E-state index in [4.69, 9.17) is 9.84 Å². The lowest BCUT2D eigenvalue weighted by atomic mass is 9.98. The Hall–Kier alpha value is -6.30. The van der Waals surface area contributed by atoms with Gasteiger partial charge in [-0.05, 0) is 91.3 Å². The topological polar surface area (TPSA) is 154 Å². The highest BCUT2D eigenvalue weighted by Gasteiger charge is 2.30. The zero-order valence-electron chi connectivity index (χ0n) is 36.0. The third kappa shape index (κ3) is 17.2. The number of amides is 2. The molecular weight excluding hydrogens is 793 g/mol. The second-order valence-corrected chi connectivity index (χ2v) is 15.7. The van der Waals surface area contributed by atoms with Crippen molar-refractivity contribution in [1.82, 2.24) is 20.6 Å². The molecule has 3 N–H and O–H groups in total. The van der Waals surface area contributed by atoms with Crippen LogP contribution in [0.15, 0.2) is 110 Å². The molecule has 2 aromatic carbocycles. The van der Waals surface area contributed by atoms with Crippen LogP contribution in [0.3, 0.4) is 0 Å². The first-order valence-electron chi connectivity index (χ1n) is 22.1. The molecule has 0 bridgehead atoms. The highest BCUT2D eigenvalue weighted by Crippen LogP contribution is 2.39. The second kappa shape index (κ2) is 27.6. The van der Waals surface area contributed by atoms with E-state index in [-0.39, 0.29) is 43.5 Å². The number of carboxylic acid groups (broad SMARTS) is 1. The van der Waals surface area contributed by atoms with E-state index in [2.05, 4.69) is 54.7 Å². The lowest BCUT2D eigenvalue weighted by Gasteiger charge is -2.20. The van der Waals surface area contributed by atoms with Gasteiger partial charge in [0.2, 0.25) is 11.8 Å². The summed E-state index contributed by atoms with van der Waals surface area (Å²) in [7, 11) is 0. The number of hydrogen-bond acceptors (Lipinski definition) is 9. The first-order valence-corrected chi connectivity index (χ1v) is 22.1. The van der Waals surface area contributed by atoms with Crippen LogP contribution >= 0.6 is 0 Å². The summed E-state index contributed by atoms with van der Waals surface area (Å²) in [4.78, 5) is 59.6. The molecular formula is C51H66N6O6. The van der Waals surface area contributed by atoms with Gasteiger partial charge in [0.1, 0.15) is 0 Å². The highest BCUT2D eigenvalue weighted by molar-refractivity contribution is 5.92. The summed E-state index contributed by atoms with van der Waals surface area (Å²) >= 11 is 0. The van der Waals surface area contributed by atoms with Crippen molar-refractivity contribution < 1.29 is 29.0 Å². The number of hydrogen-bond donors (Lipinski definition) is 3. The van der Waals surface area contributed by atoms with E-state index in [9.17, 15) is 19.2 Å². The van der Waals surface area contributed by atoms with E-state index in [1.807, 2.05) is 55.5 Å². The summed E-state index contributed by atoms with van der Waals surface area (Å²) in [6.45, 7) is 7.20. The molecule has 6 rings (SSSR count). The fourth-order valence-corrected chi connectivity index (χ4v) is 7.97. The number of nitrogens with one attached hydrogen (secondary N) is 2. The first-order chi connectivity index (χ1) is 30.3. The summed E-state index contributed by atoms with van der Waals surface area (Å²) in [5, 5.41) is 15.0. The van der Waals surface area contributed by atoms with Crippen LogP contribution in [-0.4, -0.2) is 84.7 Å². The van der Waals surface area contributed by atoms with E-state index in [1.54, 1.807) is 43.0 Å². The van der Waals surface area contributed by atoms with Crippen molar-refractivity contribution in [3.63, 3.8) is 0 Å². The number of anilines is 2. The van der Waals surface area contributed by atoms with Gasteiger partial charge < -0.3 is 30.3 Å². The van der Waals surface area contributed by atoms with Gasteiger partial charge in [0.25, 0.3) is 0 Å². The number of carbonyl (C=O) groups is 4. The number of pyridine rings is 2. The maximum atomic E-state index is 12.0. The molecule has 0 saturated carbocycles. The number of nitrogens with zero attached hydrogens (tertiary/aromatic N) is 4. The van der Waals surface area contributed by atoms with Crippen molar-refractivity contribution >= 4 is 47.3 Å². The van der Waals surface area contributed by atoms with Crippen molar-refractivity contribution in [2.45, 2.75) is 90.4 Å². The number of benzene rings is 2. The van der Waals surface area contributed by atoms with Gasteiger partial charge in [0.05, 0.1) is 19.4 Å². The van der Waals surface area contributed by atoms with E-state index >= 15 is 0 Å². The summed E-state index contributed by atoms with van der Waals surface area (Å²) in [5.41, 5.74) is 6.65. The Kier molecular flexibility index (Phi) is 21.6. The molecule has 0 fully saturated rings. The van der Waals surface area contributed by atoms with Gasteiger partial charge in [0, 0.05) is 99.4 Å². The summed E-state index contributed by atoms with van der Waals surface area (Å²) in [6, 6.07) is 24.0. The molecule has 336 valence electrons. The third-order valence-corrected chi connectivity index (χ3v) is 11.0. The average molecular weight is 859 g/mol. The molecule has 2 amide bonds. The number of ether oxygens (including phenoxy) is 1. The molecule has 0 radical (unpaired) electrons. The highest BCUT2D eigenvalue weighted by atomic mass is 16.5. The van der Waals surface area contributed by atoms with Gasteiger partial charge in [-0.2, -0.15) is 0 Å². The van der Waals surface area contributed by atoms with Crippen LogP contribution in [0.4, 0.5) is 11.4 Å². The zero-order valence-corrected chi connectivity index (χ0v) is 36.0. The minimum atomic E-state index is -0.742. The van der Waals surface area contributed by atoms with Gasteiger partial charge in [0.15, 0.2) is 0 Å². The number of esters is 1. The number of aromatic nitrogens is 2. The Bertz CT molecular complexity index is 2060. The molecule has 2 aliphatic rings. The Morgan fingerprint density at radius 3 is 1.56 bits per heavy atom. The van der Waals surface area contributed by atoms with Crippen LogP contribution in [0.2, 0.25) is 0 Å². The lowest BCUT2D eigenvalue weighted by Crippen LogP contribution is -2.24. The fourth-order valence-electron chi connectivity index (χ4n) is 7.97. The summed E-state index contributed by atoms with van der Waals surface area (Å²) in [6.07, 6.45) is 22.5. The molecule has 2 unspecified atom stereocenters. The monoisotopic (exact) mass is 859 g/mol. The zero-order chi connectivity index (χ0) is 43.8. The van der Waals surface area contributed by atoms with Gasteiger partial charge in [-0.3, -0.25) is 29.1 Å². The van der Waals surface area contributed by atoms with Crippen LogP contribution in [0.1, 0.15) is 113 Å². The fraction of sp³-hybridized carbons (Fsp3) is 0.412. The minimum absolute atomic E-state index is 0. The molecule has 0 saturated heterocycles. The van der Waals surface area contributed by atoms with Crippen molar-refractivity contribution in [2.75, 3.05) is 55.7 Å². The van der Waals surface area contributed by atoms with Crippen molar-refractivity contribution in [3.05, 3.63) is 132 Å². The largest absolute Gasteiger partial charge is 0.481 e. The number of rotatable bonds is 23. The van der Waals surface area contributed by atoms with E-state index in [0.717, 1.165) is 94.2 Å². The van der Waals surface area contributed by atoms with Crippen LogP contribution in [-0.2, 0) is 23.9 Å². The number of fused-ring (bicyclic) bond motifs is 2. The lowest BCUT2D eigenvalue weighted by molar-refractivity contribution is -0.143. The Morgan fingerprint density at radius 2 is 1.11 bits per heavy atom. The standard InChI is InChI=1S/C26H33N3O3.C24H29N3O3.CH4/c1-2-32-26(31)18-22-20-29(24-12-6-5-11-23(22)24)17-8-4-3-7-16-28-25(30)14-13-21-10-9-15-27-19-21;28-23(12-11-19-8-7-13-25-17-19)26-14-5-1-2-6-15-27-18-20(16-24(29)30)21-9-3-4-10-22(21)27;/h5-6,9-15,19,22H,2-4,7-8,16-18,20H2,1H3,(H,28,30);3-4,7-13,17,20H,1-2,5-6,14-16,18H2,(H,26,28)(H,29,30);1H4/b14-13+;12-11+;. The quantitative estimate of drug-likeness (QED) is 0.0375. The van der Waals surface area contributed by atoms with Gasteiger partial charge in [-0.15, -0.1) is 0 Å². The average Bonchev–Trinajstić information content (AvgIpc) is 3.81.